The molecule has 2 rings (SSSR count). The van der Waals surface area contributed by atoms with Gasteiger partial charge in [-0.1, -0.05) is 6.92 Å². The quantitative estimate of drug-likeness (QED) is 0.881. The first-order chi connectivity index (χ1) is 8.81. The minimum absolute atomic E-state index is 0.0704. The van der Waals surface area contributed by atoms with Gasteiger partial charge in [0.25, 0.3) is 0 Å². The van der Waals surface area contributed by atoms with Gasteiger partial charge in [-0.25, -0.2) is 4.98 Å². The van der Waals surface area contributed by atoms with E-state index in [0.717, 1.165) is 12.1 Å². The standard InChI is InChI=1S/C12H12F3N3O/c1-3-10(19)18-9-5-7(12(13,14)15)4-8-11(9)17-6(2)16-8/h4-5H,3H2,1-2H3,(H,16,17)(H,18,19). The maximum Gasteiger partial charge on any atom is 0.416 e. The van der Waals surface area contributed by atoms with E-state index in [-0.39, 0.29) is 23.5 Å². The number of rotatable bonds is 2. The van der Waals surface area contributed by atoms with E-state index in [1.165, 1.54) is 0 Å². The number of hydrogen-bond acceptors (Lipinski definition) is 2. The van der Waals surface area contributed by atoms with Gasteiger partial charge in [-0.2, -0.15) is 13.2 Å². The van der Waals surface area contributed by atoms with Crippen molar-refractivity contribution >= 4 is 22.6 Å². The van der Waals surface area contributed by atoms with E-state index in [1.54, 1.807) is 13.8 Å². The molecule has 0 atom stereocenters. The van der Waals surface area contributed by atoms with Gasteiger partial charge in [-0.15, -0.1) is 0 Å². The molecule has 0 aliphatic heterocycles. The summed E-state index contributed by atoms with van der Waals surface area (Å²) in [6.07, 6.45) is -4.29. The molecule has 0 radical (unpaired) electrons. The van der Waals surface area contributed by atoms with Crippen molar-refractivity contribution in [1.29, 1.82) is 0 Å². The molecule has 2 N–H and O–H groups in total. The summed E-state index contributed by atoms with van der Waals surface area (Å²) in [7, 11) is 0. The summed E-state index contributed by atoms with van der Waals surface area (Å²) in [4.78, 5) is 18.2. The van der Waals surface area contributed by atoms with Gasteiger partial charge in [-0.05, 0) is 19.1 Å². The Balaban J connectivity index is 2.61. The van der Waals surface area contributed by atoms with E-state index >= 15 is 0 Å². The van der Waals surface area contributed by atoms with Crippen LogP contribution in [-0.2, 0) is 11.0 Å². The number of alkyl halides is 3. The molecule has 0 fully saturated rings. The third-order valence-electron chi connectivity index (χ3n) is 2.63. The van der Waals surface area contributed by atoms with Crippen LogP contribution in [0.4, 0.5) is 18.9 Å². The van der Waals surface area contributed by atoms with Gasteiger partial charge in [0.15, 0.2) is 0 Å². The van der Waals surface area contributed by atoms with Gasteiger partial charge >= 0.3 is 6.18 Å². The molecule has 1 amide bonds. The van der Waals surface area contributed by atoms with Crippen molar-refractivity contribution in [2.24, 2.45) is 0 Å². The summed E-state index contributed by atoms with van der Waals surface area (Å²) in [5.41, 5.74) is -0.179. The maximum atomic E-state index is 12.8. The number of benzene rings is 1. The molecule has 0 saturated heterocycles. The van der Waals surface area contributed by atoms with Crippen LogP contribution in [0, 0.1) is 6.92 Å². The minimum Gasteiger partial charge on any atom is -0.342 e. The van der Waals surface area contributed by atoms with Crippen molar-refractivity contribution < 1.29 is 18.0 Å². The molecule has 0 aliphatic rings. The van der Waals surface area contributed by atoms with Crippen LogP contribution in [0.2, 0.25) is 0 Å². The summed E-state index contributed by atoms with van der Waals surface area (Å²) in [6.45, 7) is 3.26. The lowest BCUT2D eigenvalue weighted by Crippen LogP contribution is -2.12. The summed E-state index contributed by atoms with van der Waals surface area (Å²) >= 11 is 0. The lowest BCUT2D eigenvalue weighted by Gasteiger charge is -2.10. The highest BCUT2D eigenvalue weighted by atomic mass is 19.4. The van der Waals surface area contributed by atoms with Crippen LogP contribution in [0.5, 0.6) is 0 Å². The minimum atomic E-state index is -4.47. The zero-order chi connectivity index (χ0) is 14.2. The molecule has 0 bridgehead atoms. The Kier molecular flexibility index (Phi) is 3.21. The third kappa shape index (κ3) is 2.69. The van der Waals surface area contributed by atoms with E-state index in [4.69, 9.17) is 0 Å². The number of imidazole rings is 1. The number of anilines is 1. The average Bonchev–Trinajstić information content (AvgIpc) is 2.68. The number of hydrogen-bond donors (Lipinski definition) is 2. The molecular formula is C12H12F3N3O. The Morgan fingerprint density at radius 1 is 1.42 bits per heavy atom. The first-order valence-electron chi connectivity index (χ1n) is 5.68. The van der Waals surface area contributed by atoms with Crippen LogP contribution in [-0.4, -0.2) is 15.9 Å². The van der Waals surface area contributed by atoms with Crippen molar-refractivity contribution in [3.05, 3.63) is 23.5 Å². The highest BCUT2D eigenvalue weighted by Gasteiger charge is 2.32. The Bertz CT molecular complexity index is 631. The normalized spacial score (nSPS) is 11.8. The number of nitrogens with one attached hydrogen (secondary N) is 2. The summed E-state index contributed by atoms with van der Waals surface area (Å²) < 4.78 is 38.3. The van der Waals surface area contributed by atoms with Gasteiger partial charge in [-0.3, -0.25) is 4.79 Å². The maximum absolute atomic E-state index is 12.8. The summed E-state index contributed by atoms with van der Waals surface area (Å²) in [6, 6.07) is 1.88. The highest BCUT2D eigenvalue weighted by Crippen LogP contribution is 2.34. The Hall–Kier alpha value is -2.05. The fourth-order valence-electron chi connectivity index (χ4n) is 1.74. The monoisotopic (exact) mass is 271 g/mol. The number of halogens is 3. The van der Waals surface area contributed by atoms with E-state index in [1.807, 2.05) is 0 Å². The molecule has 0 saturated carbocycles. The molecule has 1 heterocycles. The van der Waals surface area contributed by atoms with Crippen LogP contribution >= 0.6 is 0 Å². The molecule has 102 valence electrons. The molecule has 2 aromatic rings. The molecule has 4 nitrogen and oxygen atoms in total. The molecule has 19 heavy (non-hydrogen) atoms. The molecule has 1 aromatic carbocycles. The number of amides is 1. The van der Waals surface area contributed by atoms with Crippen LogP contribution in [0.3, 0.4) is 0 Å². The zero-order valence-electron chi connectivity index (χ0n) is 10.4. The largest absolute Gasteiger partial charge is 0.416 e. The van der Waals surface area contributed by atoms with Gasteiger partial charge < -0.3 is 10.3 Å². The van der Waals surface area contributed by atoms with Crippen molar-refractivity contribution in [3.8, 4) is 0 Å². The fraction of sp³-hybridized carbons (Fsp3) is 0.333. The molecule has 1 aromatic heterocycles. The van der Waals surface area contributed by atoms with Crippen LogP contribution < -0.4 is 5.32 Å². The van der Waals surface area contributed by atoms with Crippen LogP contribution in [0.25, 0.3) is 11.0 Å². The smallest absolute Gasteiger partial charge is 0.342 e. The zero-order valence-corrected chi connectivity index (χ0v) is 10.4. The Morgan fingerprint density at radius 2 is 2.11 bits per heavy atom. The van der Waals surface area contributed by atoms with Crippen LogP contribution in [0.1, 0.15) is 24.7 Å². The number of nitrogens with zero attached hydrogens (tertiary/aromatic N) is 1. The second-order valence-electron chi connectivity index (χ2n) is 4.14. The summed E-state index contributed by atoms with van der Waals surface area (Å²) in [5.74, 6) is 0.127. The van der Waals surface area contributed by atoms with Gasteiger partial charge in [0.1, 0.15) is 11.3 Å². The number of fused-ring (bicyclic) bond motifs is 1. The lowest BCUT2D eigenvalue weighted by atomic mass is 10.1. The number of carbonyl (C=O) groups is 1. The number of aromatic amines is 1. The molecule has 7 heteroatoms. The number of aryl methyl sites for hydroxylation is 1. The third-order valence-corrected chi connectivity index (χ3v) is 2.63. The van der Waals surface area contributed by atoms with E-state index < -0.39 is 11.7 Å². The van der Waals surface area contributed by atoms with Gasteiger partial charge in [0, 0.05) is 6.42 Å². The van der Waals surface area contributed by atoms with Crippen molar-refractivity contribution in [2.75, 3.05) is 5.32 Å². The molecule has 0 unspecified atom stereocenters. The van der Waals surface area contributed by atoms with Crippen LogP contribution in [0.15, 0.2) is 12.1 Å². The predicted octanol–water partition coefficient (Wildman–Crippen LogP) is 3.24. The Morgan fingerprint density at radius 3 is 2.68 bits per heavy atom. The number of H-pyrrole nitrogens is 1. The second-order valence-corrected chi connectivity index (χ2v) is 4.14. The van der Waals surface area contributed by atoms with Gasteiger partial charge in [0.05, 0.1) is 16.8 Å². The molecule has 0 aliphatic carbocycles. The summed E-state index contributed by atoms with van der Waals surface area (Å²) in [5, 5.41) is 2.44. The van der Waals surface area contributed by atoms with Crippen molar-refractivity contribution in [2.45, 2.75) is 26.4 Å². The van der Waals surface area contributed by atoms with E-state index in [9.17, 15) is 18.0 Å². The molecule has 0 spiro atoms. The molecular weight excluding hydrogens is 259 g/mol. The van der Waals surface area contributed by atoms with Crippen molar-refractivity contribution in [1.82, 2.24) is 9.97 Å². The predicted molar refractivity (Wildman–Crippen MR) is 64.8 cm³/mol. The first-order valence-corrected chi connectivity index (χ1v) is 5.68. The second kappa shape index (κ2) is 4.56. The average molecular weight is 271 g/mol. The first kappa shape index (κ1) is 13.4. The highest BCUT2D eigenvalue weighted by molar-refractivity contribution is 5.99. The number of aromatic nitrogens is 2. The number of carbonyl (C=O) groups excluding carboxylic acids is 1. The lowest BCUT2D eigenvalue weighted by molar-refractivity contribution is -0.137. The van der Waals surface area contributed by atoms with Gasteiger partial charge in [0.2, 0.25) is 5.91 Å². The topological polar surface area (TPSA) is 57.8 Å². The SMILES string of the molecule is CCC(=O)Nc1cc(C(F)(F)F)cc2[nH]c(C)nc12. The van der Waals surface area contributed by atoms with E-state index in [2.05, 4.69) is 15.3 Å². The Labute approximate surface area is 107 Å². The van der Waals surface area contributed by atoms with E-state index in [0.29, 0.717) is 11.3 Å². The fourth-order valence-corrected chi connectivity index (χ4v) is 1.74. The van der Waals surface area contributed by atoms with Crippen molar-refractivity contribution in [3.63, 3.8) is 0 Å².